The van der Waals surface area contributed by atoms with E-state index in [1.54, 1.807) is 24.3 Å². The first-order valence-corrected chi connectivity index (χ1v) is 13.6. The fraction of sp³-hybridized carbons (Fsp3) is 0.241. The topological polar surface area (TPSA) is 75.8 Å². The highest BCUT2D eigenvalue weighted by molar-refractivity contribution is 6.39. The summed E-state index contributed by atoms with van der Waals surface area (Å²) in [6.07, 6.45) is 2.06. The highest BCUT2D eigenvalue weighted by Gasteiger charge is 2.34. The molecule has 4 aromatic rings. The van der Waals surface area contributed by atoms with E-state index in [2.05, 4.69) is 10.1 Å². The lowest BCUT2D eigenvalue weighted by molar-refractivity contribution is 0.0696. The minimum Gasteiger partial charge on any atom is -0.489 e. The molecule has 2 aliphatic rings. The number of benzene rings is 3. The number of nitrogens with zero attached hydrogens (tertiary/aromatic N) is 2. The van der Waals surface area contributed by atoms with E-state index in [4.69, 9.17) is 44.1 Å². The third-order valence-electron chi connectivity index (χ3n) is 7.13. The van der Waals surface area contributed by atoms with Gasteiger partial charge in [0.1, 0.15) is 29.6 Å². The fourth-order valence-corrected chi connectivity index (χ4v) is 5.76. The number of hydrogen-bond donors (Lipinski definition) is 1. The normalized spacial score (nSPS) is 15.3. The summed E-state index contributed by atoms with van der Waals surface area (Å²) < 4.78 is 25.7. The van der Waals surface area contributed by atoms with Crippen LogP contribution in [0.1, 0.15) is 51.9 Å². The molecule has 39 heavy (non-hydrogen) atoms. The molecule has 0 amide bonds. The molecule has 0 unspecified atom stereocenters. The van der Waals surface area contributed by atoms with Gasteiger partial charge in [-0.05, 0) is 60.9 Å². The molecule has 1 N–H and O–H groups in total. The maximum atomic E-state index is 13.9. The van der Waals surface area contributed by atoms with E-state index in [9.17, 15) is 14.3 Å². The van der Waals surface area contributed by atoms with Crippen LogP contribution in [0.25, 0.3) is 11.3 Å². The van der Waals surface area contributed by atoms with E-state index in [0.29, 0.717) is 56.6 Å². The number of hydrogen-bond acceptors (Lipinski definition) is 5. The predicted octanol–water partition coefficient (Wildman–Crippen LogP) is 8.20. The second-order valence-corrected chi connectivity index (χ2v) is 11.0. The third-order valence-corrected chi connectivity index (χ3v) is 8.06. The molecular formula is C29H22Cl3FN2O4. The molecule has 1 aliphatic carbocycles. The van der Waals surface area contributed by atoms with Gasteiger partial charge in [-0.3, -0.25) is 0 Å². The minimum absolute atomic E-state index is 0.00952. The minimum atomic E-state index is -1.15. The van der Waals surface area contributed by atoms with E-state index in [0.717, 1.165) is 35.9 Å². The Morgan fingerprint density at radius 1 is 1.03 bits per heavy atom. The first-order valence-electron chi connectivity index (χ1n) is 12.4. The highest BCUT2D eigenvalue weighted by Crippen LogP contribution is 2.46. The number of halogens is 4. The quantitative estimate of drug-likeness (QED) is 0.224. The molecule has 1 saturated carbocycles. The van der Waals surface area contributed by atoms with E-state index < -0.39 is 11.8 Å². The highest BCUT2D eigenvalue weighted by atomic mass is 35.5. The lowest BCUT2D eigenvalue weighted by Crippen LogP contribution is -2.45. The van der Waals surface area contributed by atoms with Gasteiger partial charge in [0, 0.05) is 36.6 Å². The summed E-state index contributed by atoms with van der Waals surface area (Å²) in [5.41, 5.74) is 3.43. The summed E-state index contributed by atoms with van der Waals surface area (Å²) in [6.45, 7) is 1.39. The van der Waals surface area contributed by atoms with Crippen molar-refractivity contribution in [1.82, 2.24) is 5.16 Å². The van der Waals surface area contributed by atoms with Crippen LogP contribution in [-0.2, 0) is 6.61 Å². The molecule has 1 aromatic heterocycles. The summed E-state index contributed by atoms with van der Waals surface area (Å²) >= 11 is 19.5. The van der Waals surface area contributed by atoms with Gasteiger partial charge in [0.05, 0.1) is 31.9 Å². The van der Waals surface area contributed by atoms with Crippen LogP contribution in [0.3, 0.4) is 0 Å². The van der Waals surface area contributed by atoms with Gasteiger partial charge in [0.25, 0.3) is 0 Å². The number of ether oxygens (including phenoxy) is 1. The number of anilines is 1. The molecule has 6 nitrogen and oxygen atoms in total. The Hall–Kier alpha value is -3.26. The largest absolute Gasteiger partial charge is 0.489 e. The second kappa shape index (κ2) is 10.4. The zero-order valence-electron chi connectivity index (χ0n) is 20.5. The van der Waals surface area contributed by atoms with E-state index in [-0.39, 0.29) is 18.1 Å². The average Bonchev–Trinajstić information content (AvgIpc) is 3.63. The van der Waals surface area contributed by atoms with Crippen LogP contribution in [0.15, 0.2) is 59.1 Å². The maximum absolute atomic E-state index is 13.9. The zero-order chi connectivity index (χ0) is 27.3. The number of rotatable bonds is 8. The molecule has 0 radical (unpaired) electrons. The Labute approximate surface area is 238 Å². The van der Waals surface area contributed by atoms with Crippen molar-refractivity contribution in [2.45, 2.75) is 31.3 Å². The Kier molecular flexibility index (Phi) is 6.91. The van der Waals surface area contributed by atoms with Gasteiger partial charge in [0.2, 0.25) is 0 Å². The molecule has 2 fully saturated rings. The van der Waals surface area contributed by atoms with Crippen molar-refractivity contribution in [1.29, 1.82) is 0 Å². The van der Waals surface area contributed by atoms with Gasteiger partial charge in [-0.2, -0.15) is 0 Å². The van der Waals surface area contributed by atoms with Crippen molar-refractivity contribution in [2.75, 3.05) is 18.0 Å². The monoisotopic (exact) mass is 586 g/mol. The first-order chi connectivity index (χ1) is 18.8. The molecule has 3 aromatic carbocycles. The van der Waals surface area contributed by atoms with Gasteiger partial charge in [-0.1, -0.05) is 46.0 Å². The Bertz CT molecular complexity index is 1560. The molecule has 1 aliphatic heterocycles. The molecule has 2 heterocycles. The van der Waals surface area contributed by atoms with Gasteiger partial charge in [-0.25, -0.2) is 9.18 Å². The molecule has 0 atom stereocenters. The Morgan fingerprint density at radius 2 is 1.77 bits per heavy atom. The van der Waals surface area contributed by atoms with E-state index in [1.165, 1.54) is 12.1 Å². The van der Waals surface area contributed by atoms with Crippen molar-refractivity contribution >= 4 is 46.5 Å². The van der Waals surface area contributed by atoms with Crippen molar-refractivity contribution in [3.05, 3.63) is 97.9 Å². The van der Waals surface area contributed by atoms with Crippen LogP contribution in [-0.4, -0.2) is 29.3 Å². The zero-order valence-corrected chi connectivity index (χ0v) is 22.7. The summed E-state index contributed by atoms with van der Waals surface area (Å²) in [5.74, 6) is -0.0186. The van der Waals surface area contributed by atoms with Gasteiger partial charge < -0.3 is 19.3 Å². The van der Waals surface area contributed by atoms with Crippen molar-refractivity contribution in [2.24, 2.45) is 0 Å². The second-order valence-electron chi connectivity index (χ2n) is 9.83. The third kappa shape index (κ3) is 5.19. The number of carbonyl (C=O) groups is 1. The molecule has 0 spiro atoms. The number of aromatic nitrogens is 1. The lowest BCUT2D eigenvalue weighted by Gasteiger charge is -2.42. The SMILES string of the molecule is O=C(O)c1cc(F)cc(C2CN(c3ccc(OCc4c(-c5c(Cl)cccc5Cl)noc4C4CC4)cc3Cl)C2)c1. The van der Waals surface area contributed by atoms with Gasteiger partial charge in [-0.15, -0.1) is 0 Å². The predicted molar refractivity (Wildman–Crippen MR) is 148 cm³/mol. The van der Waals surface area contributed by atoms with Crippen LogP contribution in [0.2, 0.25) is 15.1 Å². The average molecular weight is 588 g/mol. The summed E-state index contributed by atoms with van der Waals surface area (Å²) in [6, 6.07) is 14.7. The molecule has 6 rings (SSSR count). The van der Waals surface area contributed by atoms with Crippen molar-refractivity contribution < 1.29 is 23.6 Å². The number of carboxylic acid groups (broad SMARTS) is 1. The van der Waals surface area contributed by atoms with E-state index in [1.807, 2.05) is 12.1 Å². The van der Waals surface area contributed by atoms with Gasteiger partial charge in [0.15, 0.2) is 0 Å². The smallest absolute Gasteiger partial charge is 0.335 e. The summed E-state index contributed by atoms with van der Waals surface area (Å²) in [4.78, 5) is 13.3. The van der Waals surface area contributed by atoms with Crippen LogP contribution >= 0.6 is 34.8 Å². The first kappa shape index (κ1) is 26.0. The van der Waals surface area contributed by atoms with Crippen LogP contribution < -0.4 is 9.64 Å². The van der Waals surface area contributed by atoms with Crippen LogP contribution in [0.5, 0.6) is 5.75 Å². The maximum Gasteiger partial charge on any atom is 0.335 e. The summed E-state index contributed by atoms with van der Waals surface area (Å²) in [5, 5.41) is 15.0. The molecule has 10 heteroatoms. The van der Waals surface area contributed by atoms with Crippen LogP contribution in [0, 0.1) is 5.82 Å². The molecule has 200 valence electrons. The van der Waals surface area contributed by atoms with Crippen molar-refractivity contribution in [3.63, 3.8) is 0 Å². The molecule has 1 saturated heterocycles. The standard InChI is InChI=1S/C29H22Cl3FN2O4/c30-22-2-1-3-23(31)26(22)27-21(28(39-34-27)15-4-5-15)14-38-20-6-7-25(24(32)11-20)35-12-18(13-35)16-8-17(29(36)37)10-19(33)9-16/h1-3,6-11,15,18H,4-5,12-14H2,(H,36,37). The summed E-state index contributed by atoms with van der Waals surface area (Å²) in [7, 11) is 0. The van der Waals surface area contributed by atoms with E-state index >= 15 is 0 Å². The molecule has 0 bridgehead atoms. The molecular weight excluding hydrogens is 566 g/mol. The van der Waals surface area contributed by atoms with Crippen LogP contribution in [0.4, 0.5) is 10.1 Å². The Balaban J connectivity index is 1.17. The van der Waals surface area contributed by atoms with Crippen molar-refractivity contribution in [3.8, 4) is 17.0 Å². The fourth-order valence-electron chi connectivity index (χ4n) is 4.90. The Morgan fingerprint density at radius 3 is 2.44 bits per heavy atom. The number of carboxylic acids is 1. The lowest BCUT2D eigenvalue weighted by atomic mass is 9.89. The van der Waals surface area contributed by atoms with Gasteiger partial charge >= 0.3 is 5.97 Å². The number of aromatic carboxylic acids is 1.